The molecule has 0 atom stereocenters. The van der Waals surface area contributed by atoms with Crippen molar-refractivity contribution in [2.45, 2.75) is 25.7 Å². The van der Waals surface area contributed by atoms with E-state index in [1.54, 1.807) is 12.1 Å². The Morgan fingerprint density at radius 1 is 0.750 bits per heavy atom. The van der Waals surface area contributed by atoms with Gasteiger partial charge in [0.2, 0.25) is 0 Å². The van der Waals surface area contributed by atoms with Gasteiger partial charge in [-0.05, 0) is 30.0 Å². The van der Waals surface area contributed by atoms with Crippen molar-refractivity contribution in [3.63, 3.8) is 0 Å². The van der Waals surface area contributed by atoms with E-state index < -0.39 is 11.9 Å². The second kappa shape index (κ2) is 9.89. The second-order valence-electron chi connectivity index (χ2n) is 5.06. The van der Waals surface area contributed by atoms with Crippen LogP contribution in [0.15, 0.2) is 48.5 Å². The molecule has 0 aliphatic rings. The molecule has 128 valence electrons. The summed E-state index contributed by atoms with van der Waals surface area (Å²) >= 11 is 0. The molecular formula is C18H20O6. The van der Waals surface area contributed by atoms with E-state index in [4.69, 9.17) is 15.3 Å². The van der Waals surface area contributed by atoms with E-state index in [0.29, 0.717) is 12.0 Å². The lowest BCUT2D eigenvalue weighted by Gasteiger charge is -2.03. The zero-order valence-corrected chi connectivity index (χ0v) is 13.1. The average Bonchev–Trinajstić information content (AvgIpc) is 2.56. The zero-order chi connectivity index (χ0) is 17.9. The number of para-hydroxylation sites is 1. The van der Waals surface area contributed by atoms with Crippen LogP contribution in [0.5, 0.6) is 11.5 Å². The Balaban J connectivity index is 0.000000243. The summed E-state index contributed by atoms with van der Waals surface area (Å²) in [6.07, 6.45) is 0.993. The lowest BCUT2D eigenvalue weighted by atomic mass is 10.1. The molecule has 6 nitrogen and oxygen atoms in total. The molecule has 0 amide bonds. The van der Waals surface area contributed by atoms with Crippen LogP contribution in [-0.2, 0) is 22.4 Å². The lowest BCUT2D eigenvalue weighted by molar-refractivity contribution is -0.138. The Hall–Kier alpha value is -3.02. The number of aryl methyl sites for hydroxylation is 2. The number of benzene rings is 2. The maximum absolute atomic E-state index is 10.2. The molecule has 0 aromatic heterocycles. The molecular weight excluding hydrogens is 312 g/mol. The van der Waals surface area contributed by atoms with Crippen LogP contribution in [0.1, 0.15) is 24.0 Å². The summed E-state index contributed by atoms with van der Waals surface area (Å²) in [6.45, 7) is 0. The highest BCUT2D eigenvalue weighted by molar-refractivity contribution is 5.67. The number of hydrogen-bond donors (Lipinski definition) is 4. The largest absolute Gasteiger partial charge is 0.504 e. The Bertz CT molecular complexity index is 666. The molecule has 0 spiro atoms. The third-order valence-electron chi connectivity index (χ3n) is 3.18. The van der Waals surface area contributed by atoms with Gasteiger partial charge in [0, 0.05) is 12.8 Å². The van der Waals surface area contributed by atoms with Crippen molar-refractivity contribution in [1.29, 1.82) is 0 Å². The summed E-state index contributed by atoms with van der Waals surface area (Å²) in [6, 6.07) is 14.1. The molecule has 0 radical (unpaired) electrons. The van der Waals surface area contributed by atoms with Gasteiger partial charge >= 0.3 is 11.9 Å². The topological polar surface area (TPSA) is 115 Å². The number of phenols is 2. The van der Waals surface area contributed by atoms with Gasteiger partial charge in [-0.3, -0.25) is 9.59 Å². The standard InChI is InChI=1S/C9H10O4.C9H10O2/c10-7-3-1-2-6(9(7)13)4-5-8(11)12;10-9(11)7-6-8-4-2-1-3-5-8/h1-3,10,13H,4-5H2,(H,11,12);1-5H,6-7H2,(H,10,11). The molecule has 2 aromatic rings. The third-order valence-corrected chi connectivity index (χ3v) is 3.18. The minimum Gasteiger partial charge on any atom is -0.504 e. The first kappa shape index (κ1) is 19.0. The fourth-order valence-corrected chi connectivity index (χ4v) is 1.92. The van der Waals surface area contributed by atoms with E-state index >= 15 is 0 Å². The van der Waals surface area contributed by atoms with Crippen molar-refractivity contribution < 1.29 is 30.0 Å². The van der Waals surface area contributed by atoms with E-state index in [1.807, 2.05) is 30.3 Å². The van der Waals surface area contributed by atoms with Gasteiger partial charge in [-0.15, -0.1) is 0 Å². The second-order valence-corrected chi connectivity index (χ2v) is 5.06. The van der Waals surface area contributed by atoms with E-state index in [0.717, 1.165) is 5.56 Å². The SMILES string of the molecule is O=C(O)CCc1cccc(O)c1O.O=C(O)CCc1ccccc1. The number of carbonyl (C=O) groups is 2. The fourth-order valence-electron chi connectivity index (χ4n) is 1.92. The first-order valence-corrected chi connectivity index (χ1v) is 7.37. The smallest absolute Gasteiger partial charge is 0.303 e. The summed E-state index contributed by atoms with van der Waals surface area (Å²) in [5, 5.41) is 35.1. The third kappa shape index (κ3) is 7.31. The highest BCUT2D eigenvalue weighted by atomic mass is 16.4. The molecule has 0 aliphatic carbocycles. The van der Waals surface area contributed by atoms with Crippen molar-refractivity contribution in [2.24, 2.45) is 0 Å². The molecule has 6 heteroatoms. The van der Waals surface area contributed by atoms with Gasteiger partial charge in [0.25, 0.3) is 0 Å². The monoisotopic (exact) mass is 332 g/mol. The van der Waals surface area contributed by atoms with Gasteiger partial charge in [0.05, 0.1) is 0 Å². The Kier molecular flexibility index (Phi) is 7.84. The molecule has 0 aliphatic heterocycles. The van der Waals surface area contributed by atoms with Crippen molar-refractivity contribution in [3.8, 4) is 11.5 Å². The molecule has 24 heavy (non-hydrogen) atoms. The quantitative estimate of drug-likeness (QED) is 0.605. The number of carboxylic acid groups (broad SMARTS) is 2. The minimum absolute atomic E-state index is 0.0585. The molecule has 2 aromatic carbocycles. The average molecular weight is 332 g/mol. The van der Waals surface area contributed by atoms with E-state index in [2.05, 4.69) is 0 Å². The van der Waals surface area contributed by atoms with E-state index in [-0.39, 0.29) is 30.8 Å². The van der Waals surface area contributed by atoms with Gasteiger partial charge in [-0.1, -0.05) is 42.5 Å². The van der Waals surface area contributed by atoms with E-state index in [9.17, 15) is 14.7 Å². The van der Waals surface area contributed by atoms with Gasteiger partial charge in [0.1, 0.15) is 0 Å². The van der Waals surface area contributed by atoms with Gasteiger partial charge in [0.15, 0.2) is 11.5 Å². The van der Waals surface area contributed by atoms with Crippen LogP contribution in [0, 0.1) is 0 Å². The molecule has 0 heterocycles. The Morgan fingerprint density at radius 3 is 1.92 bits per heavy atom. The van der Waals surface area contributed by atoms with Crippen LogP contribution in [0.25, 0.3) is 0 Å². The predicted octanol–water partition coefficient (Wildman–Crippen LogP) is 2.82. The van der Waals surface area contributed by atoms with Gasteiger partial charge < -0.3 is 20.4 Å². The first-order valence-electron chi connectivity index (χ1n) is 7.37. The van der Waals surface area contributed by atoms with Crippen molar-refractivity contribution in [1.82, 2.24) is 0 Å². The maximum Gasteiger partial charge on any atom is 0.303 e. The lowest BCUT2D eigenvalue weighted by Crippen LogP contribution is -1.97. The van der Waals surface area contributed by atoms with Crippen molar-refractivity contribution in [3.05, 3.63) is 59.7 Å². The number of aromatic hydroxyl groups is 2. The van der Waals surface area contributed by atoms with Gasteiger partial charge in [-0.2, -0.15) is 0 Å². The fraction of sp³-hybridized carbons (Fsp3) is 0.222. The zero-order valence-electron chi connectivity index (χ0n) is 13.1. The number of hydrogen-bond acceptors (Lipinski definition) is 4. The maximum atomic E-state index is 10.2. The van der Waals surface area contributed by atoms with E-state index in [1.165, 1.54) is 6.07 Å². The Morgan fingerprint density at radius 2 is 1.33 bits per heavy atom. The van der Waals surface area contributed by atoms with Crippen molar-refractivity contribution in [2.75, 3.05) is 0 Å². The predicted molar refractivity (Wildman–Crippen MR) is 88.1 cm³/mol. The molecule has 0 fully saturated rings. The molecule has 0 saturated carbocycles. The molecule has 0 bridgehead atoms. The molecule has 4 N–H and O–H groups in total. The highest BCUT2D eigenvalue weighted by Crippen LogP contribution is 2.28. The van der Waals surface area contributed by atoms with Gasteiger partial charge in [-0.25, -0.2) is 0 Å². The summed E-state index contributed by atoms with van der Waals surface area (Å²) in [5.41, 5.74) is 1.53. The Labute approximate surface area is 139 Å². The summed E-state index contributed by atoms with van der Waals surface area (Å²) < 4.78 is 0. The number of rotatable bonds is 6. The van der Waals surface area contributed by atoms with Crippen LogP contribution in [0.3, 0.4) is 0 Å². The van der Waals surface area contributed by atoms with Crippen LogP contribution in [0.4, 0.5) is 0 Å². The van der Waals surface area contributed by atoms with Crippen LogP contribution >= 0.6 is 0 Å². The minimum atomic E-state index is -0.928. The summed E-state index contributed by atoms with van der Waals surface area (Å²) in [4.78, 5) is 20.4. The molecule has 0 unspecified atom stereocenters. The molecule has 0 saturated heterocycles. The number of aliphatic carboxylic acids is 2. The van der Waals surface area contributed by atoms with Crippen LogP contribution < -0.4 is 0 Å². The number of phenolic OH excluding ortho intramolecular Hbond substituents is 2. The highest BCUT2D eigenvalue weighted by Gasteiger charge is 2.06. The van der Waals surface area contributed by atoms with Crippen LogP contribution in [-0.4, -0.2) is 32.4 Å². The number of carboxylic acids is 2. The van der Waals surface area contributed by atoms with Crippen molar-refractivity contribution >= 4 is 11.9 Å². The first-order chi connectivity index (χ1) is 11.4. The van der Waals surface area contributed by atoms with Crippen LogP contribution in [0.2, 0.25) is 0 Å². The summed E-state index contributed by atoms with van der Waals surface area (Å²) in [5.74, 6) is -2.12. The summed E-state index contributed by atoms with van der Waals surface area (Å²) in [7, 11) is 0. The molecule has 2 rings (SSSR count). The normalized spacial score (nSPS) is 9.67.